The molecule has 0 aromatic heterocycles. The smallest absolute Gasteiger partial charge is 0.152 e. The van der Waals surface area contributed by atoms with Gasteiger partial charge in [-0.15, -0.1) is 0 Å². The van der Waals surface area contributed by atoms with Crippen LogP contribution in [0.1, 0.15) is 20.3 Å². The highest BCUT2D eigenvalue weighted by molar-refractivity contribution is 7.99. The van der Waals surface area contributed by atoms with E-state index in [0.717, 1.165) is 6.42 Å². The SMILES string of the molecule is CCC(/C=C/C(C)=O)SC. The monoisotopic (exact) mass is 158 g/mol. The van der Waals surface area contributed by atoms with Crippen molar-refractivity contribution in [2.24, 2.45) is 0 Å². The van der Waals surface area contributed by atoms with Crippen LogP contribution in [0.25, 0.3) is 0 Å². The van der Waals surface area contributed by atoms with Crippen molar-refractivity contribution in [3.05, 3.63) is 12.2 Å². The first kappa shape index (κ1) is 9.76. The molecule has 0 fully saturated rings. The van der Waals surface area contributed by atoms with Crippen LogP contribution in [0.3, 0.4) is 0 Å². The molecule has 1 unspecified atom stereocenters. The van der Waals surface area contributed by atoms with Gasteiger partial charge in [0.2, 0.25) is 0 Å². The van der Waals surface area contributed by atoms with Crippen LogP contribution in [-0.2, 0) is 4.79 Å². The van der Waals surface area contributed by atoms with Gasteiger partial charge in [-0.2, -0.15) is 11.8 Å². The lowest BCUT2D eigenvalue weighted by Crippen LogP contribution is -1.94. The average Bonchev–Trinajstić information content (AvgIpc) is 1.90. The third-order valence-electron chi connectivity index (χ3n) is 1.25. The zero-order chi connectivity index (χ0) is 7.98. The van der Waals surface area contributed by atoms with Crippen LogP contribution in [0, 0.1) is 0 Å². The van der Waals surface area contributed by atoms with Gasteiger partial charge in [-0.05, 0) is 25.7 Å². The summed E-state index contributed by atoms with van der Waals surface area (Å²) in [6.45, 7) is 3.69. The molecule has 0 bridgehead atoms. The van der Waals surface area contributed by atoms with Gasteiger partial charge in [-0.25, -0.2) is 0 Å². The van der Waals surface area contributed by atoms with Crippen molar-refractivity contribution in [2.75, 3.05) is 6.26 Å². The zero-order valence-corrected chi connectivity index (χ0v) is 7.57. The van der Waals surface area contributed by atoms with Gasteiger partial charge in [0, 0.05) is 5.25 Å². The summed E-state index contributed by atoms with van der Waals surface area (Å²) in [6.07, 6.45) is 6.75. The van der Waals surface area contributed by atoms with Gasteiger partial charge < -0.3 is 0 Å². The van der Waals surface area contributed by atoms with E-state index in [1.54, 1.807) is 24.8 Å². The highest BCUT2D eigenvalue weighted by Gasteiger charge is 1.96. The molecule has 0 aliphatic rings. The molecule has 2 heteroatoms. The molecular weight excluding hydrogens is 144 g/mol. The summed E-state index contributed by atoms with van der Waals surface area (Å²) in [5, 5.41) is 0.504. The van der Waals surface area contributed by atoms with E-state index in [-0.39, 0.29) is 5.78 Å². The number of hydrogen-bond acceptors (Lipinski definition) is 2. The predicted molar refractivity (Wildman–Crippen MR) is 47.4 cm³/mol. The van der Waals surface area contributed by atoms with E-state index < -0.39 is 0 Å². The summed E-state index contributed by atoms with van der Waals surface area (Å²) < 4.78 is 0. The van der Waals surface area contributed by atoms with E-state index >= 15 is 0 Å². The highest BCUT2D eigenvalue weighted by Crippen LogP contribution is 2.11. The lowest BCUT2D eigenvalue weighted by atomic mass is 10.3. The van der Waals surface area contributed by atoms with E-state index in [1.807, 2.05) is 6.08 Å². The lowest BCUT2D eigenvalue weighted by molar-refractivity contribution is -0.112. The van der Waals surface area contributed by atoms with Crippen molar-refractivity contribution >= 4 is 17.5 Å². The largest absolute Gasteiger partial charge is 0.295 e. The molecule has 0 rings (SSSR count). The quantitative estimate of drug-likeness (QED) is 0.584. The van der Waals surface area contributed by atoms with Gasteiger partial charge >= 0.3 is 0 Å². The van der Waals surface area contributed by atoms with Gasteiger partial charge in [0.05, 0.1) is 0 Å². The second kappa shape index (κ2) is 5.54. The van der Waals surface area contributed by atoms with Crippen LogP contribution < -0.4 is 0 Å². The molecule has 1 nitrogen and oxygen atoms in total. The van der Waals surface area contributed by atoms with Crippen molar-refractivity contribution < 1.29 is 4.79 Å². The van der Waals surface area contributed by atoms with Gasteiger partial charge in [0.25, 0.3) is 0 Å². The van der Waals surface area contributed by atoms with Crippen molar-refractivity contribution in [1.29, 1.82) is 0 Å². The minimum Gasteiger partial charge on any atom is -0.295 e. The van der Waals surface area contributed by atoms with E-state index in [9.17, 15) is 4.79 Å². The molecule has 0 heterocycles. The van der Waals surface area contributed by atoms with Crippen molar-refractivity contribution in [3.8, 4) is 0 Å². The van der Waals surface area contributed by atoms with Gasteiger partial charge in [0.1, 0.15) is 0 Å². The number of thioether (sulfide) groups is 1. The molecule has 0 saturated heterocycles. The van der Waals surface area contributed by atoms with Crippen LogP contribution in [-0.4, -0.2) is 17.3 Å². The Labute approximate surface area is 66.9 Å². The Bertz CT molecular complexity index is 125. The van der Waals surface area contributed by atoms with Crippen LogP contribution in [0.15, 0.2) is 12.2 Å². The highest BCUT2D eigenvalue weighted by atomic mass is 32.2. The molecule has 0 radical (unpaired) electrons. The Morgan fingerprint density at radius 2 is 2.30 bits per heavy atom. The maximum atomic E-state index is 10.5. The summed E-state index contributed by atoms with van der Waals surface area (Å²) >= 11 is 1.77. The van der Waals surface area contributed by atoms with E-state index in [2.05, 4.69) is 13.2 Å². The van der Waals surface area contributed by atoms with Crippen LogP contribution in [0.5, 0.6) is 0 Å². The summed E-state index contributed by atoms with van der Waals surface area (Å²) in [6, 6.07) is 0. The molecule has 10 heavy (non-hydrogen) atoms. The van der Waals surface area contributed by atoms with Crippen LogP contribution >= 0.6 is 11.8 Å². The molecule has 0 N–H and O–H groups in total. The van der Waals surface area contributed by atoms with Crippen LogP contribution in [0.2, 0.25) is 0 Å². The maximum absolute atomic E-state index is 10.5. The Balaban J connectivity index is 3.72. The van der Waals surface area contributed by atoms with Gasteiger partial charge in [-0.1, -0.05) is 13.0 Å². The molecule has 0 aromatic rings. The third kappa shape index (κ3) is 4.62. The lowest BCUT2D eigenvalue weighted by Gasteiger charge is -2.02. The first-order valence-corrected chi connectivity index (χ1v) is 4.71. The van der Waals surface area contributed by atoms with Gasteiger partial charge in [-0.3, -0.25) is 4.79 Å². The van der Waals surface area contributed by atoms with E-state index in [1.165, 1.54) is 0 Å². The minimum atomic E-state index is 0.132. The standard InChI is InChI=1S/C8H14OS/c1-4-8(10-3)6-5-7(2)9/h5-6,8H,4H2,1-3H3/b6-5+. The van der Waals surface area contributed by atoms with Crippen LogP contribution in [0.4, 0.5) is 0 Å². The fourth-order valence-electron chi connectivity index (χ4n) is 0.624. The van der Waals surface area contributed by atoms with Crippen molar-refractivity contribution in [3.63, 3.8) is 0 Å². The molecule has 1 atom stereocenters. The molecule has 0 amide bonds. The fraction of sp³-hybridized carbons (Fsp3) is 0.625. The fourth-order valence-corrected chi connectivity index (χ4v) is 1.19. The summed E-state index contributed by atoms with van der Waals surface area (Å²) in [5.41, 5.74) is 0. The Morgan fingerprint density at radius 1 is 1.70 bits per heavy atom. The molecule has 0 aliphatic carbocycles. The molecule has 0 aliphatic heterocycles. The minimum absolute atomic E-state index is 0.132. The second-order valence-electron chi connectivity index (χ2n) is 2.15. The maximum Gasteiger partial charge on any atom is 0.152 e. The Hall–Kier alpha value is -0.240. The third-order valence-corrected chi connectivity index (χ3v) is 2.35. The van der Waals surface area contributed by atoms with Crippen molar-refractivity contribution in [1.82, 2.24) is 0 Å². The number of rotatable bonds is 4. The van der Waals surface area contributed by atoms with E-state index in [0.29, 0.717) is 5.25 Å². The second-order valence-corrected chi connectivity index (χ2v) is 3.23. The summed E-state index contributed by atoms with van der Waals surface area (Å²) in [5.74, 6) is 0.132. The number of hydrogen-bond donors (Lipinski definition) is 0. The first-order chi connectivity index (χ1) is 4.70. The first-order valence-electron chi connectivity index (χ1n) is 3.42. The molecular formula is C8H14OS. The summed E-state index contributed by atoms with van der Waals surface area (Å²) in [7, 11) is 0. The average molecular weight is 158 g/mol. The molecule has 58 valence electrons. The van der Waals surface area contributed by atoms with Gasteiger partial charge in [0.15, 0.2) is 5.78 Å². The molecule has 0 spiro atoms. The topological polar surface area (TPSA) is 17.1 Å². The molecule has 0 saturated carbocycles. The van der Waals surface area contributed by atoms with E-state index in [4.69, 9.17) is 0 Å². The number of allylic oxidation sites excluding steroid dienone is 1. The van der Waals surface area contributed by atoms with Crippen molar-refractivity contribution in [2.45, 2.75) is 25.5 Å². The Morgan fingerprint density at radius 3 is 2.60 bits per heavy atom. The number of ketones is 1. The predicted octanol–water partition coefficient (Wildman–Crippen LogP) is 2.27. The number of carbonyl (C=O) groups is 1. The zero-order valence-electron chi connectivity index (χ0n) is 6.76. The normalized spacial score (nSPS) is 13.9. The Kier molecular flexibility index (Phi) is 5.40. The molecule has 0 aromatic carbocycles. The summed E-state index contributed by atoms with van der Waals surface area (Å²) in [4.78, 5) is 10.5. The number of carbonyl (C=O) groups excluding carboxylic acids is 1.